The molecule has 0 saturated carbocycles. The maximum atomic E-state index is 11.9. The van der Waals surface area contributed by atoms with Crippen molar-refractivity contribution in [3.63, 3.8) is 0 Å². The van der Waals surface area contributed by atoms with E-state index in [9.17, 15) is 18.0 Å². The number of carbonyl (C=O) groups is 1. The fourth-order valence-corrected chi connectivity index (χ4v) is 1.28. The van der Waals surface area contributed by atoms with E-state index in [1.54, 1.807) is 0 Å². The fraction of sp³-hybridized carbons (Fsp3) is 0.500. The quantitative estimate of drug-likeness (QED) is 0.770. The maximum absolute atomic E-state index is 11.9. The lowest BCUT2D eigenvalue weighted by molar-refractivity contribution is -0.135. The van der Waals surface area contributed by atoms with Crippen LogP contribution in [0.2, 0.25) is 0 Å². The molecule has 1 heterocycles. The number of anilines is 1. The van der Waals surface area contributed by atoms with Gasteiger partial charge in [-0.3, -0.25) is 0 Å². The Hall–Kier alpha value is -1.86. The highest BCUT2D eigenvalue weighted by Crippen LogP contribution is 2.22. The molecule has 0 unspecified atom stereocenters. The Labute approximate surface area is 101 Å². The molecule has 0 aliphatic carbocycles. The van der Waals surface area contributed by atoms with Crippen molar-refractivity contribution in [2.45, 2.75) is 25.4 Å². The lowest BCUT2D eigenvalue weighted by Gasteiger charge is -2.08. The lowest BCUT2D eigenvalue weighted by atomic mass is 10.2. The second kappa shape index (κ2) is 6.18. The van der Waals surface area contributed by atoms with Gasteiger partial charge in [-0.15, -0.1) is 0 Å². The molecule has 0 fully saturated rings. The molecule has 0 aliphatic heterocycles. The largest absolute Gasteiger partial charge is 0.476 e. The zero-order chi connectivity index (χ0) is 13.6. The van der Waals surface area contributed by atoms with E-state index < -0.39 is 18.6 Å². The average Bonchev–Trinajstić information content (AvgIpc) is 2.27. The van der Waals surface area contributed by atoms with Crippen LogP contribution in [0.1, 0.15) is 29.8 Å². The van der Waals surface area contributed by atoms with Crippen LogP contribution in [0.25, 0.3) is 0 Å². The van der Waals surface area contributed by atoms with Crippen molar-refractivity contribution >= 4 is 11.8 Å². The molecule has 0 bridgehead atoms. The number of nitrogens with one attached hydrogen (secondary N) is 1. The van der Waals surface area contributed by atoms with Crippen molar-refractivity contribution in [2.75, 3.05) is 11.9 Å². The predicted molar refractivity (Wildman–Crippen MR) is 57.4 cm³/mol. The van der Waals surface area contributed by atoms with Crippen molar-refractivity contribution in [1.82, 2.24) is 9.97 Å². The number of carboxylic acids is 1. The first-order chi connectivity index (χ1) is 8.40. The van der Waals surface area contributed by atoms with E-state index in [1.165, 1.54) is 12.4 Å². The third-order valence-electron chi connectivity index (χ3n) is 2.08. The maximum Gasteiger partial charge on any atom is 0.389 e. The molecule has 5 nitrogen and oxygen atoms in total. The molecule has 0 radical (unpaired) electrons. The molecule has 0 saturated heterocycles. The lowest BCUT2D eigenvalue weighted by Crippen LogP contribution is -2.12. The number of aromatic carboxylic acids is 1. The molecule has 0 spiro atoms. The minimum atomic E-state index is -4.15. The van der Waals surface area contributed by atoms with Crippen molar-refractivity contribution < 1.29 is 23.1 Å². The van der Waals surface area contributed by atoms with E-state index in [1.807, 2.05) is 0 Å². The molecule has 0 aromatic carbocycles. The van der Waals surface area contributed by atoms with Gasteiger partial charge < -0.3 is 10.4 Å². The summed E-state index contributed by atoms with van der Waals surface area (Å²) >= 11 is 0. The molecule has 0 amide bonds. The highest BCUT2D eigenvalue weighted by molar-refractivity contribution is 5.90. The van der Waals surface area contributed by atoms with Gasteiger partial charge in [0.1, 0.15) is 0 Å². The van der Waals surface area contributed by atoms with Crippen LogP contribution >= 0.6 is 0 Å². The second-order valence-electron chi connectivity index (χ2n) is 3.56. The van der Waals surface area contributed by atoms with E-state index in [0.29, 0.717) is 0 Å². The minimum Gasteiger partial charge on any atom is -0.476 e. The first-order valence-electron chi connectivity index (χ1n) is 5.25. The van der Waals surface area contributed by atoms with Crippen LogP contribution in [-0.2, 0) is 0 Å². The van der Waals surface area contributed by atoms with Gasteiger partial charge in [-0.05, 0) is 12.8 Å². The van der Waals surface area contributed by atoms with Gasteiger partial charge in [0, 0.05) is 25.4 Å². The van der Waals surface area contributed by atoms with Crippen molar-refractivity contribution in [1.29, 1.82) is 0 Å². The van der Waals surface area contributed by atoms with Gasteiger partial charge >= 0.3 is 12.1 Å². The highest BCUT2D eigenvalue weighted by atomic mass is 19.4. The van der Waals surface area contributed by atoms with Crippen LogP contribution in [-0.4, -0.2) is 33.8 Å². The van der Waals surface area contributed by atoms with Gasteiger partial charge in [-0.1, -0.05) is 0 Å². The Bertz CT molecular complexity index is 410. The van der Waals surface area contributed by atoms with Crippen molar-refractivity contribution in [2.24, 2.45) is 0 Å². The topological polar surface area (TPSA) is 75.1 Å². The summed E-state index contributed by atoms with van der Waals surface area (Å²) in [5.74, 6) is -1.17. The number of hydrogen-bond donors (Lipinski definition) is 2. The number of carboxylic acid groups (broad SMARTS) is 1. The number of hydrogen-bond acceptors (Lipinski definition) is 4. The van der Waals surface area contributed by atoms with Crippen LogP contribution in [0.5, 0.6) is 0 Å². The average molecular weight is 263 g/mol. The Kier molecular flexibility index (Phi) is 4.87. The molecule has 1 aromatic rings. The van der Waals surface area contributed by atoms with Crippen molar-refractivity contribution in [3.05, 3.63) is 18.1 Å². The summed E-state index contributed by atoms with van der Waals surface area (Å²) in [6.07, 6.45) is -2.20. The predicted octanol–water partition coefficient (Wildman–Crippen LogP) is 2.32. The smallest absolute Gasteiger partial charge is 0.389 e. The third kappa shape index (κ3) is 4.98. The number of alkyl halides is 3. The number of halogens is 3. The molecule has 8 heteroatoms. The Morgan fingerprint density at radius 3 is 2.56 bits per heavy atom. The molecule has 1 rings (SSSR count). The van der Waals surface area contributed by atoms with Gasteiger partial charge in [0.05, 0.1) is 0 Å². The van der Waals surface area contributed by atoms with E-state index in [0.717, 1.165) is 0 Å². The monoisotopic (exact) mass is 263 g/mol. The minimum absolute atomic E-state index is 0.0147. The molecular formula is C10H12F3N3O2. The van der Waals surface area contributed by atoms with Crippen LogP contribution in [0, 0.1) is 0 Å². The zero-order valence-electron chi connectivity index (χ0n) is 9.37. The zero-order valence-corrected chi connectivity index (χ0v) is 9.37. The van der Waals surface area contributed by atoms with E-state index in [-0.39, 0.29) is 30.9 Å². The normalized spacial score (nSPS) is 11.3. The molecule has 1 aromatic heterocycles. The van der Waals surface area contributed by atoms with E-state index in [2.05, 4.69) is 15.3 Å². The number of rotatable bonds is 6. The third-order valence-corrected chi connectivity index (χ3v) is 2.08. The number of nitrogens with zero attached hydrogens (tertiary/aromatic N) is 2. The Morgan fingerprint density at radius 1 is 1.28 bits per heavy atom. The standard InChI is InChI=1S/C10H12F3N3O2/c11-10(12,13)3-1-2-4-15-8-7(9(17)18)14-5-6-16-8/h5-6H,1-4H2,(H,15,16)(H,17,18). The molecule has 18 heavy (non-hydrogen) atoms. The Morgan fingerprint density at radius 2 is 1.94 bits per heavy atom. The summed E-state index contributed by atoms with van der Waals surface area (Å²) in [6.45, 7) is 0.217. The molecule has 0 atom stereocenters. The van der Waals surface area contributed by atoms with Gasteiger partial charge in [-0.2, -0.15) is 13.2 Å². The SMILES string of the molecule is O=C(O)c1nccnc1NCCCCC(F)(F)F. The first kappa shape index (κ1) is 14.2. The summed E-state index contributed by atoms with van der Waals surface area (Å²) in [5.41, 5.74) is -0.242. The van der Waals surface area contributed by atoms with Crippen molar-refractivity contribution in [3.8, 4) is 0 Å². The van der Waals surface area contributed by atoms with Crippen LogP contribution < -0.4 is 5.32 Å². The Balaban J connectivity index is 2.38. The second-order valence-corrected chi connectivity index (χ2v) is 3.56. The van der Waals surface area contributed by atoms with E-state index >= 15 is 0 Å². The molecular weight excluding hydrogens is 251 g/mol. The summed E-state index contributed by atoms with van der Waals surface area (Å²) < 4.78 is 35.6. The summed E-state index contributed by atoms with van der Waals surface area (Å²) in [4.78, 5) is 18.1. The van der Waals surface area contributed by atoms with Gasteiger partial charge in [0.25, 0.3) is 0 Å². The number of unbranched alkanes of at least 4 members (excludes halogenated alkanes) is 1. The summed E-state index contributed by atoms with van der Waals surface area (Å²) in [7, 11) is 0. The van der Waals surface area contributed by atoms with Crippen LogP contribution in [0.4, 0.5) is 19.0 Å². The van der Waals surface area contributed by atoms with Crippen LogP contribution in [0.15, 0.2) is 12.4 Å². The molecule has 100 valence electrons. The van der Waals surface area contributed by atoms with Crippen LogP contribution in [0.3, 0.4) is 0 Å². The summed E-state index contributed by atoms with van der Waals surface area (Å²) in [5, 5.41) is 11.4. The fourth-order valence-electron chi connectivity index (χ4n) is 1.28. The van der Waals surface area contributed by atoms with Gasteiger partial charge in [-0.25, -0.2) is 14.8 Å². The molecule has 0 aliphatic rings. The highest BCUT2D eigenvalue weighted by Gasteiger charge is 2.25. The first-order valence-corrected chi connectivity index (χ1v) is 5.25. The van der Waals surface area contributed by atoms with Gasteiger partial charge in [0.2, 0.25) is 0 Å². The van der Waals surface area contributed by atoms with Gasteiger partial charge in [0.15, 0.2) is 11.5 Å². The summed E-state index contributed by atoms with van der Waals surface area (Å²) in [6, 6.07) is 0. The number of aromatic nitrogens is 2. The molecule has 2 N–H and O–H groups in total. The van der Waals surface area contributed by atoms with E-state index in [4.69, 9.17) is 5.11 Å².